The van der Waals surface area contributed by atoms with Crippen LogP contribution in [0.4, 0.5) is 5.69 Å². The molecular weight excluding hydrogens is 464 g/mol. The van der Waals surface area contributed by atoms with Crippen molar-refractivity contribution < 1.29 is 22.9 Å². The van der Waals surface area contributed by atoms with Gasteiger partial charge in [-0.15, -0.1) is 0 Å². The minimum atomic E-state index is -3.96. The molecule has 2 atom stereocenters. The molecule has 184 valence electrons. The lowest BCUT2D eigenvalue weighted by Crippen LogP contribution is -2.38. The van der Waals surface area contributed by atoms with E-state index in [0.29, 0.717) is 5.56 Å². The number of rotatable bonds is 10. The van der Waals surface area contributed by atoms with Gasteiger partial charge in [0.2, 0.25) is 10.0 Å². The van der Waals surface area contributed by atoms with E-state index in [1.54, 1.807) is 6.07 Å². The molecule has 0 aliphatic rings. The van der Waals surface area contributed by atoms with Gasteiger partial charge >= 0.3 is 5.76 Å². The Labute approximate surface area is 196 Å². The molecular formula is C22H28N4O7S. The molecule has 34 heavy (non-hydrogen) atoms. The van der Waals surface area contributed by atoms with Crippen LogP contribution in [0.3, 0.4) is 0 Å². The number of aliphatic hydroxyl groups excluding tert-OH is 1. The second-order valence-electron chi connectivity index (χ2n) is 8.63. The molecule has 1 aromatic heterocycles. The second-order valence-corrected chi connectivity index (χ2v) is 10.4. The van der Waals surface area contributed by atoms with Crippen molar-refractivity contribution in [3.63, 3.8) is 0 Å². The van der Waals surface area contributed by atoms with Crippen LogP contribution in [0, 0.1) is 16.0 Å². The molecule has 3 aromatic rings. The summed E-state index contributed by atoms with van der Waals surface area (Å²) >= 11 is 0. The van der Waals surface area contributed by atoms with Crippen LogP contribution in [-0.4, -0.2) is 41.7 Å². The molecule has 0 spiro atoms. The fourth-order valence-corrected chi connectivity index (χ4v) is 5.13. The van der Waals surface area contributed by atoms with Gasteiger partial charge in [-0.3, -0.25) is 14.7 Å². The predicted octanol–water partition coefficient (Wildman–Crippen LogP) is 1.45. The number of aromatic nitrogens is 1. The number of nitrogens with zero attached hydrogens (tertiary/aromatic N) is 2. The standard InChI is InChI=1S/C22H28N4O7S/c1-13(2)12-24-34(31,32)20-8-7-19-21(25(3)22(28)33-19)16(20)11-18(27)17(23)10-14-5-4-6-15(9-14)26(29)30/h4-9,13,17-18,24,27H,10-12,23H2,1-3H3/t17-,18+/m0/s1. The maximum Gasteiger partial charge on any atom is 0.419 e. The number of nitro benzene ring substituents is 1. The van der Waals surface area contributed by atoms with Gasteiger partial charge in [0.1, 0.15) is 0 Å². The van der Waals surface area contributed by atoms with Crippen molar-refractivity contribution in [2.24, 2.45) is 18.7 Å². The lowest BCUT2D eigenvalue weighted by Gasteiger charge is -2.21. The van der Waals surface area contributed by atoms with Crippen molar-refractivity contribution in [1.82, 2.24) is 9.29 Å². The Morgan fingerprint density at radius 3 is 2.59 bits per heavy atom. The van der Waals surface area contributed by atoms with E-state index in [9.17, 15) is 28.4 Å². The maximum absolute atomic E-state index is 13.1. The van der Waals surface area contributed by atoms with Crippen molar-refractivity contribution in [2.45, 2.75) is 43.7 Å². The SMILES string of the molecule is CC(C)CNS(=O)(=O)c1ccc2oc(=O)n(C)c2c1C[C@@H](O)[C@@H](N)Cc1cccc([N+](=O)[O-])c1. The third-order valence-corrected chi connectivity index (χ3v) is 6.99. The van der Waals surface area contributed by atoms with E-state index >= 15 is 0 Å². The summed E-state index contributed by atoms with van der Waals surface area (Å²) in [6.45, 7) is 3.94. The van der Waals surface area contributed by atoms with Crippen molar-refractivity contribution in [2.75, 3.05) is 6.54 Å². The Morgan fingerprint density at radius 1 is 1.24 bits per heavy atom. The molecule has 0 radical (unpaired) electrons. The fourth-order valence-electron chi connectivity index (χ4n) is 3.67. The van der Waals surface area contributed by atoms with Gasteiger partial charge in [0, 0.05) is 43.8 Å². The van der Waals surface area contributed by atoms with Gasteiger partial charge in [-0.1, -0.05) is 26.0 Å². The average Bonchev–Trinajstić information content (AvgIpc) is 3.06. The first kappa shape index (κ1) is 25.6. The summed E-state index contributed by atoms with van der Waals surface area (Å²) in [6, 6.07) is 7.79. The summed E-state index contributed by atoms with van der Waals surface area (Å²) in [4.78, 5) is 22.5. The topological polar surface area (TPSA) is 171 Å². The van der Waals surface area contributed by atoms with Crippen LogP contribution in [0.15, 0.2) is 50.5 Å². The number of sulfonamides is 1. The van der Waals surface area contributed by atoms with Crippen LogP contribution in [0.2, 0.25) is 0 Å². The summed E-state index contributed by atoms with van der Waals surface area (Å²) in [6.07, 6.45) is -1.27. The van der Waals surface area contributed by atoms with Gasteiger partial charge in [-0.2, -0.15) is 0 Å². The molecule has 12 heteroatoms. The molecule has 3 rings (SSSR count). The monoisotopic (exact) mass is 492 g/mol. The number of nitro groups is 1. The number of hydrogen-bond donors (Lipinski definition) is 3. The Morgan fingerprint density at radius 2 is 1.94 bits per heavy atom. The van der Waals surface area contributed by atoms with Crippen molar-refractivity contribution >= 4 is 26.8 Å². The third kappa shape index (κ3) is 5.53. The number of hydrogen-bond acceptors (Lipinski definition) is 8. The van der Waals surface area contributed by atoms with E-state index in [-0.39, 0.29) is 52.6 Å². The van der Waals surface area contributed by atoms with Gasteiger partial charge in [-0.05, 0) is 30.0 Å². The van der Waals surface area contributed by atoms with Crippen LogP contribution >= 0.6 is 0 Å². The van der Waals surface area contributed by atoms with E-state index in [2.05, 4.69) is 4.72 Å². The molecule has 0 saturated carbocycles. The number of non-ortho nitro benzene ring substituents is 1. The highest BCUT2D eigenvalue weighted by molar-refractivity contribution is 7.89. The molecule has 1 heterocycles. The molecule has 2 aromatic carbocycles. The number of fused-ring (bicyclic) bond motifs is 1. The highest BCUT2D eigenvalue weighted by atomic mass is 32.2. The minimum absolute atomic E-state index is 0.0641. The number of nitrogens with two attached hydrogens (primary N) is 1. The highest BCUT2D eigenvalue weighted by Gasteiger charge is 2.27. The summed E-state index contributed by atoms with van der Waals surface area (Å²) in [5.74, 6) is -0.606. The second kappa shape index (κ2) is 10.1. The predicted molar refractivity (Wildman–Crippen MR) is 126 cm³/mol. The zero-order valence-corrected chi connectivity index (χ0v) is 19.9. The number of nitrogens with one attached hydrogen (secondary N) is 1. The van der Waals surface area contributed by atoms with E-state index < -0.39 is 32.8 Å². The largest absolute Gasteiger partial charge is 0.419 e. The Kier molecular flexibility index (Phi) is 7.56. The Hall–Kier alpha value is -3.06. The van der Waals surface area contributed by atoms with Crippen molar-refractivity contribution in [3.05, 3.63) is 68.2 Å². The molecule has 0 aliphatic heterocycles. The molecule has 0 fully saturated rings. The van der Waals surface area contributed by atoms with E-state index in [1.165, 1.54) is 41.9 Å². The minimum Gasteiger partial charge on any atom is -0.408 e. The number of aryl methyl sites for hydroxylation is 1. The molecule has 0 saturated heterocycles. The number of oxazole rings is 1. The summed E-state index contributed by atoms with van der Waals surface area (Å²) in [5.41, 5.74) is 7.28. The maximum atomic E-state index is 13.1. The molecule has 11 nitrogen and oxygen atoms in total. The fraction of sp³-hybridized carbons (Fsp3) is 0.409. The Bertz CT molecular complexity index is 1360. The van der Waals surface area contributed by atoms with E-state index in [4.69, 9.17) is 10.2 Å². The van der Waals surface area contributed by atoms with E-state index in [1.807, 2.05) is 13.8 Å². The lowest BCUT2D eigenvalue weighted by atomic mass is 9.96. The van der Waals surface area contributed by atoms with Gasteiger partial charge in [0.15, 0.2) is 5.58 Å². The van der Waals surface area contributed by atoms with Crippen LogP contribution in [-0.2, 0) is 29.9 Å². The van der Waals surface area contributed by atoms with Crippen molar-refractivity contribution in [3.8, 4) is 0 Å². The van der Waals surface area contributed by atoms with Crippen LogP contribution in [0.1, 0.15) is 25.0 Å². The number of aliphatic hydroxyl groups is 1. The molecule has 0 amide bonds. The van der Waals surface area contributed by atoms with Crippen LogP contribution in [0.5, 0.6) is 0 Å². The quantitative estimate of drug-likeness (QED) is 0.282. The lowest BCUT2D eigenvalue weighted by molar-refractivity contribution is -0.384. The summed E-state index contributed by atoms with van der Waals surface area (Å²) in [7, 11) is -2.51. The normalized spacial score (nSPS) is 13.9. The first-order valence-electron chi connectivity index (χ1n) is 10.7. The molecule has 0 bridgehead atoms. The van der Waals surface area contributed by atoms with Crippen LogP contribution < -0.4 is 16.2 Å². The van der Waals surface area contributed by atoms with Crippen molar-refractivity contribution in [1.29, 1.82) is 0 Å². The van der Waals surface area contributed by atoms with Gasteiger partial charge in [-0.25, -0.2) is 17.9 Å². The highest BCUT2D eigenvalue weighted by Crippen LogP contribution is 2.27. The molecule has 4 N–H and O–H groups in total. The van der Waals surface area contributed by atoms with Gasteiger partial charge in [0.25, 0.3) is 5.69 Å². The molecule has 0 aliphatic carbocycles. The first-order chi connectivity index (χ1) is 15.9. The Balaban J connectivity index is 1.98. The zero-order valence-electron chi connectivity index (χ0n) is 19.1. The van der Waals surface area contributed by atoms with Gasteiger partial charge in [0.05, 0.1) is 21.4 Å². The smallest absolute Gasteiger partial charge is 0.408 e. The number of benzene rings is 2. The van der Waals surface area contributed by atoms with E-state index in [0.717, 1.165) is 0 Å². The third-order valence-electron chi connectivity index (χ3n) is 5.48. The summed E-state index contributed by atoms with van der Waals surface area (Å²) in [5, 5.41) is 21.9. The summed E-state index contributed by atoms with van der Waals surface area (Å²) < 4.78 is 35.0. The first-order valence-corrected chi connectivity index (χ1v) is 12.2. The average molecular weight is 493 g/mol. The molecule has 0 unspecified atom stereocenters. The van der Waals surface area contributed by atoms with Gasteiger partial charge < -0.3 is 15.3 Å². The zero-order chi connectivity index (χ0) is 25.2. The van der Waals surface area contributed by atoms with Crippen LogP contribution in [0.25, 0.3) is 11.1 Å².